The van der Waals surface area contributed by atoms with Crippen molar-refractivity contribution in [3.63, 3.8) is 0 Å². The van der Waals surface area contributed by atoms with E-state index in [4.69, 9.17) is 0 Å². The fourth-order valence-corrected chi connectivity index (χ4v) is 2.07. The van der Waals surface area contributed by atoms with Gasteiger partial charge in [-0.2, -0.15) is 0 Å². The molecule has 17 heavy (non-hydrogen) atoms. The van der Waals surface area contributed by atoms with Crippen LogP contribution >= 0.6 is 0 Å². The van der Waals surface area contributed by atoms with Crippen molar-refractivity contribution >= 4 is 0 Å². The molecule has 0 fully saturated rings. The number of halogens is 2. The Morgan fingerprint density at radius 3 is 2.12 bits per heavy atom. The summed E-state index contributed by atoms with van der Waals surface area (Å²) in [5.41, 5.74) is 0.272. The highest BCUT2D eigenvalue weighted by atomic mass is 19.1. The van der Waals surface area contributed by atoms with Crippen LogP contribution in [-0.4, -0.2) is 13.1 Å². The summed E-state index contributed by atoms with van der Waals surface area (Å²) < 4.78 is 26.9. The lowest BCUT2D eigenvalue weighted by atomic mass is 9.83. The van der Waals surface area contributed by atoms with Crippen molar-refractivity contribution in [2.45, 2.75) is 39.7 Å². The molecule has 0 aliphatic rings. The molecule has 1 aromatic rings. The Bertz CT molecular complexity index is 349. The fourth-order valence-electron chi connectivity index (χ4n) is 2.07. The van der Waals surface area contributed by atoms with E-state index in [0.29, 0.717) is 6.42 Å². The van der Waals surface area contributed by atoms with E-state index in [2.05, 4.69) is 26.1 Å². The van der Waals surface area contributed by atoms with Crippen molar-refractivity contribution < 1.29 is 8.78 Å². The molecular weight excluding hydrogens is 220 g/mol. The first-order valence-corrected chi connectivity index (χ1v) is 5.96. The largest absolute Gasteiger partial charge is 0.316 e. The maximum absolute atomic E-state index is 13.4. The molecule has 0 heterocycles. The molecule has 96 valence electrons. The standard InChI is InChI=1S/C14H21F2N/c1-14(2,3)13(17-4)9-8-10-11(15)6-5-7-12(10)16/h5-7,13,17H,8-9H2,1-4H3. The topological polar surface area (TPSA) is 12.0 Å². The predicted molar refractivity (Wildman–Crippen MR) is 67.0 cm³/mol. The van der Waals surface area contributed by atoms with Crippen molar-refractivity contribution in [2.75, 3.05) is 7.05 Å². The quantitative estimate of drug-likeness (QED) is 0.850. The third-order valence-electron chi connectivity index (χ3n) is 3.14. The summed E-state index contributed by atoms with van der Waals surface area (Å²) in [7, 11) is 1.88. The van der Waals surface area contributed by atoms with Crippen LogP contribution in [0.2, 0.25) is 0 Å². The second-order valence-electron chi connectivity index (χ2n) is 5.45. The molecule has 1 N–H and O–H groups in total. The molecule has 1 aromatic carbocycles. The Morgan fingerprint density at radius 1 is 1.18 bits per heavy atom. The molecule has 0 bridgehead atoms. The van der Waals surface area contributed by atoms with E-state index in [0.717, 1.165) is 6.42 Å². The fraction of sp³-hybridized carbons (Fsp3) is 0.571. The van der Waals surface area contributed by atoms with Crippen LogP contribution in [0.1, 0.15) is 32.8 Å². The summed E-state index contributed by atoms with van der Waals surface area (Å²) in [4.78, 5) is 0. The van der Waals surface area contributed by atoms with Gasteiger partial charge in [-0.1, -0.05) is 26.8 Å². The molecule has 1 rings (SSSR count). The highest BCUT2D eigenvalue weighted by Gasteiger charge is 2.23. The maximum atomic E-state index is 13.4. The predicted octanol–water partition coefficient (Wildman–Crippen LogP) is 3.53. The Hall–Kier alpha value is -0.960. The number of nitrogens with one attached hydrogen (secondary N) is 1. The minimum Gasteiger partial charge on any atom is -0.316 e. The molecule has 0 aliphatic carbocycles. The van der Waals surface area contributed by atoms with Crippen LogP contribution in [0, 0.1) is 17.0 Å². The van der Waals surface area contributed by atoms with Crippen LogP contribution in [0.4, 0.5) is 8.78 Å². The summed E-state index contributed by atoms with van der Waals surface area (Å²) in [6.45, 7) is 6.35. The second-order valence-corrected chi connectivity index (χ2v) is 5.45. The van der Waals surface area contributed by atoms with Crippen LogP contribution < -0.4 is 5.32 Å². The zero-order chi connectivity index (χ0) is 13.1. The van der Waals surface area contributed by atoms with E-state index in [1.165, 1.54) is 18.2 Å². The highest BCUT2D eigenvalue weighted by Crippen LogP contribution is 2.24. The smallest absolute Gasteiger partial charge is 0.129 e. The number of hydrogen-bond donors (Lipinski definition) is 1. The van der Waals surface area contributed by atoms with Gasteiger partial charge in [0.1, 0.15) is 11.6 Å². The van der Waals surface area contributed by atoms with Crippen molar-refractivity contribution in [2.24, 2.45) is 5.41 Å². The lowest BCUT2D eigenvalue weighted by molar-refractivity contribution is 0.266. The number of benzene rings is 1. The molecule has 1 atom stereocenters. The SMILES string of the molecule is CNC(CCc1c(F)cccc1F)C(C)(C)C. The normalized spacial score (nSPS) is 13.8. The van der Waals surface area contributed by atoms with Gasteiger partial charge in [0.05, 0.1) is 0 Å². The molecule has 0 amide bonds. The van der Waals surface area contributed by atoms with Crippen LogP contribution in [0.5, 0.6) is 0 Å². The average Bonchev–Trinajstić information content (AvgIpc) is 2.20. The maximum Gasteiger partial charge on any atom is 0.129 e. The summed E-state index contributed by atoms with van der Waals surface area (Å²) in [5, 5.41) is 3.21. The molecular formula is C14H21F2N. The van der Waals surface area contributed by atoms with Gasteiger partial charge in [-0.05, 0) is 37.4 Å². The molecule has 0 aliphatic heterocycles. The molecule has 0 saturated heterocycles. The summed E-state index contributed by atoms with van der Waals surface area (Å²) in [6, 6.07) is 4.25. The van der Waals surface area contributed by atoms with Gasteiger partial charge in [0, 0.05) is 11.6 Å². The van der Waals surface area contributed by atoms with Crippen molar-refractivity contribution in [1.82, 2.24) is 5.32 Å². The van der Waals surface area contributed by atoms with Gasteiger partial charge in [0.25, 0.3) is 0 Å². The monoisotopic (exact) mass is 241 g/mol. The van der Waals surface area contributed by atoms with E-state index in [1.807, 2.05) is 7.05 Å². The lowest BCUT2D eigenvalue weighted by Gasteiger charge is -2.30. The van der Waals surface area contributed by atoms with Crippen LogP contribution in [0.25, 0.3) is 0 Å². The van der Waals surface area contributed by atoms with E-state index in [-0.39, 0.29) is 17.0 Å². The third kappa shape index (κ3) is 3.77. The lowest BCUT2D eigenvalue weighted by Crippen LogP contribution is -2.38. The summed E-state index contributed by atoms with van der Waals surface area (Å²) >= 11 is 0. The first kappa shape index (κ1) is 14.1. The Labute approximate surface area is 102 Å². The summed E-state index contributed by atoms with van der Waals surface area (Å²) in [5.74, 6) is -0.900. The van der Waals surface area contributed by atoms with Gasteiger partial charge < -0.3 is 5.32 Å². The number of rotatable bonds is 4. The second kappa shape index (κ2) is 5.58. The van der Waals surface area contributed by atoms with E-state index in [1.54, 1.807) is 0 Å². The number of hydrogen-bond acceptors (Lipinski definition) is 1. The molecule has 1 unspecified atom stereocenters. The van der Waals surface area contributed by atoms with Crippen molar-refractivity contribution in [3.8, 4) is 0 Å². The Kier molecular flexibility index (Phi) is 4.63. The molecule has 0 radical (unpaired) electrons. The molecule has 0 spiro atoms. The summed E-state index contributed by atoms with van der Waals surface area (Å²) in [6.07, 6.45) is 1.14. The highest BCUT2D eigenvalue weighted by molar-refractivity contribution is 5.19. The van der Waals surface area contributed by atoms with Crippen LogP contribution in [-0.2, 0) is 6.42 Å². The van der Waals surface area contributed by atoms with Gasteiger partial charge in [-0.25, -0.2) is 8.78 Å². The average molecular weight is 241 g/mol. The van der Waals surface area contributed by atoms with Crippen LogP contribution in [0.3, 0.4) is 0 Å². The van der Waals surface area contributed by atoms with E-state index in [9.17, 15) is 8.78 Å². The first-order valence-electron chi connectivity index (χ1n) is 5.96. The van der Waals surface area contributed by atoms with Gasteiger partial charge in [0.15, 0.2) is 0 Å². The van der Waals surface area contributed by atoms with Crippen molar-refractivity contribution in [3.05, 3.63) is 35.4 Å². The zero-order valence-electron chi connectivity index (χ0n) is 11.0. The molecule has 0 saturated carbocycles. The molecule has 0 aromatic heterocycles. The first-order chi connectivity index (χ1) is 7.86. The van der Waals surface area contributed by atoms with Gasteiger partial charge >= 0.3 is 0 Å². The Morgan fingerprint density at radius 2 is 1.71 bits per heavy atom. The van der Waals surface area contributed by atoms with E-state index < -0.39 is 11.6 Å². The zero-order valence-corrected chi connectivity index (χ0v) is 11.0. The molecule has 3 heteroatoms. The van der Waals surface area contributed by atoms with Crippen molar-refractivity contribution in [1.29, 1.82) is 0 Å². The van der Waals surface area contributed by atoms with Gasteiger partial charge in [-0.3, -0.25) is 0 Å². The van der Waals surface area contributed by atoms with Gasteiger partial charge in [0.2, 0.25) is 0 Å². The minimum atomic E-state index is -0.450. The van der Waals surface area contributed by atoms with Gasteiger partial charge in [-0.15, -0.1) is 0 Å². The Balaban J connectivity index is 2.73. The van der Waals surface area contributed by atoms with E-state index >= 15 is 0 Å². The molecule has 1 nitrogen and oxygen atoms in total. The minimum absolute atomic E-state index is 0.0798. The van der Waals surface area contributed by atoms with Crippen LogP contribution in [0.15, 0.2) is 18.2 Å². The third-order valence-corrected chi connectivity index (χ3v) is 3.14.